The van der Waals surface area contributed by atoms with Crippen molar-refractivity contribution in [3.63, 3.8) is 0 Å². The number of rotatable bonds is 4. The average Bonchev–Trinajstić information content (AvgIpc) is 2.98. The van der Waals surface area contributed by atoms with E-state index in [1.54, 1.807) is 18.2 Å². The second kappa shape index (κ2) is 6.84. The summed E-state index contributed by atoms with van der Waals surface area (Å²) < 4.78 is 11.0. The molecule has 2 aromatic heterocycles. The Labute approximate surface area is 154 Å². The van der Waals surface area contributed by atoms with Crippen LogP contribution >= 0.6 is 11.3 Å². The molecule has 1 aromatic carbocycles. The van der Waals surface area contributed by atoms with Crippen LogP contribution < -0.4 is 20.5 Å². The Hall–Kier alpha value is -2.80. The van der Waals surface area contributed by atoms with Gasteiger partial charge in [0.1, 0.15) is 22.9 Å². The van der Waals surface area contributed by atoms with Crippen LogP contribution in [0.3, 0.4) is 0 Å². The summed E-state index contributed by atoms with van der Waals surface area (Å²) >= 11 is 1.32. The molecule has 0 saturated carbocycles. The molecule has 6 nitrogen and oxygen atoms in total. The topological polar surface area (TPSA) is 86.5 Å². The van der Waals surface area contributed by atoms with Gasteiger partial charge < -0.3 is 20.5 Å². The third-order valence-corrected chi connectivity index (χ3v) is 5.28. The van der Waals surface area contributed by atoms with Crippen LogP contribution in [0, 0.1) is 0 Å². The molecule has 3 aromatic rings. The first-order valence-electron chi connectivity index (χ1n) is 8.54. The van der Waals surface area contributed by atoms with Gasteiger partial charge in [0.05, 0.1) is 5.69 Å². The number of hydrogen-bond donors (Lipinski definition) is 2. The van der Waals surface area contributed by atoms with E-state index < -0.39 is 0 Å². The quantitative estimate of drug-likeness (QED) is 0.729. The number of aromatic nitrogens is 1. The number of ether oxygens (including phenoxy) is 2. The van der Waals surface area contributed by atoms with Gasteiger partial charge in [-0.1, -0.05) is 13.3 Å². The van der Waals surface area contributed by atoms with Crippen molar-refractivity contribution in [3.05, 3.63) is 40.9 Å². The Morgan fingerprint density at radius 2 is 2.04 bits per heavy atom. The number of anilines is 2. The van der Waals surface area contributed by atoms with Gasteiger partial charge in [0.25, 0.3) is 5.91 Å². The lowest BCUT2D eigenvalue weighted by Gasteiger charge is -2.18. The molecule has 3 heterocycles. The molecule has 0 unspecified atom stereocenters. The summed E-state index contributed by atoms with van der Waals surface area (Å²) in [5.41, 5.74) is 8.31. The Bertz CT molecular complexity index is 984. The molecule has 26 heavy (non-hydrogen) atoms. The average molecular weight is 369 g/mol. The van der Waals surface area contributed by atoms with E-state index in [0.29, 0.717) is 41.0 Å². The normalized spacial score (nSPS) is 13.0. The van der Waals surface area contributed by atoms with Crippen molar-refractivity contribution in [1.29, 1.82) is 0 Å². The van der Waals surface area contributed by atoms with Crippen LogP contribution in [0.5, 0.6) is 11.5 Å². The van der Waals surface area contributed by atoms with Crippen molar-refractivity contribution in [2.75, 3.05) is 24.3 Å². The molecule has 0 spiro atoms. The van der Waals surface area contributed by atoms with Crippen LogP contribution in [-0.4, -0.2) is 24.1 Å². The fourth-order valence-corrected chi connectivity index (χ4v) is 3.92. The van der Waals surface area contributed by atoms with Gasteiger partial charge in [-0.2, -0.15) is 0 Å². The Kier molecular flexibility index (Phi) is 4.38. The number of hydrogen-bond acceptors (Lipinski definition) is 6. The van der Waals surface area contributed by atoms with E-state index in [-0.39, 0.29) is 5.91 Å². The maximum Gasteiger partial charge on any atom is 0.267 e. The lowest BCUT2D eigenvalue weighted by atomic mass is 10.2. The van der Waals surface area contributed by atoms with Crippen molar-refractivity contribution in [2.24, 2.45) is 0 Å². The van der Waals surface area contributed by atoms with Gasteiger partial charge in [-0.3, -0.25) is 4.79 Å². The molecule has 1 amide bonds. The SMILES string of the molecule is CCCc1ccc2c(N)c(C(=O)Nc3ccc4c(c3)OCCO4)sc2n1. The van der Waals surface area contributed by atoms with Gasteiger partial charge in [-0.05, 0) is 30.7 Å². The first-order chi connectivity index (χ1) is 12.7. The fraction of sp³-hybridized carbons (Fsp3) is 0.263. The molecule has 0 atom stereocenters. The van der Waals surface area contributed by atoms with E-state index in [4.69, 9.17) is 15.2 Å². The predicted molar refractivity (Wildman–Crippen MR) is 103 cm³/mol. The van der Waals surface area contributed by atoms with Gasteiger partial charge in [-0.15, -0.1) is 11.3 Å². The number of thiophene rings is 1. The minimum atomic E-state index is -0.251. The van der Waals surface area contributed by atoms with Crippen LogP contribution in [0.4, 0.5) is 11.4 Å². The van der Waals surface area contributed by atoms with Gasteiger partial charge in [-0.25, -0.2) is 4.98 Å². The number of nitrogen functional groups attached to an aromatic ring is 1. The molecule has 1 aliphatic heterocycles. The predicted octanol–water partition coefficient (Wildman–Crippen LogP) is 3.85. The molecule has 134 valence electrons. The van der Waals surface area contributed by atoms with E-state index in [1.807, 2.05) is 12.1 Å². The zero-order valence-corrected chi connectivity index (χ0v) is 15.2. The molecular formula is C19H19N3O3S. The van der Waals surface area contributed by atoms with E-state index in [2.05, 4.69) is 17.2 Å². The lowest BCUT2D eigenvalue weighted by Crippen LogP contribution is -2.16. The first kappa shape index (κ1) is 16.7. The highest BCUT2D eigenvalue weighted by molar-refractivity contribution is 7.21. The molecule has 0 saturated heterocycles. The van der Waals surface area contributed by atoms with Crippen molar-refractivity contribution >= 4 is 38.8 Å². The Morgan fingerprint density at radius 1 is 1.23 bits per heavy atom. The number of amides is 1. The number of pyridine rings is 1. The third-order valence-electron chi connectivity index (χ3n) is 4.16. The maximum absolute atomic E-state index is 12.7. The Morgan fingerprint density at radius 3 is 2.85 bits per heavy atom. The highest BCUT2D eigenvalue weighted by Crippen LogP contribution is 2.35. The smallest absolute Gasteiger partial charge is 0.267 e. The number of carbonyl (C=O) groups excluding carboxylic acids is 1. The second-order valence-corrected chi connectivity index (χ2v) is 7.06. The van der Waals surface area contributed by atoms with E-state index in [1.165, 1.54) is 11.3 Å². The van der Waals surface area contributed by atoms with Gasteiger partial charge in [0, 0.05) is 22.8 Å². The summed E-state index contributed by atoms with van der Waals surface area (Å²) in [6.07, 6.45) is 1.93. The largest absolute Gasteiger partial charge is 0.486 e. The minimum absolute atomic E-state index is 0.251. The zero-order chi connectivity index (χ0) is 18.1. The molecule has 3 N–H and O–H groups in total. The Balaban J connectivity index is 1.60. The summed E-state index contributed by atoms with van der Waals surface area (Å²) in [4.78, 5) is 18.6. The summed E-state index contributed by atoms with van der Waals surface area (Å²) in [6, 6.07) is 9.24. The molecule has 0 radical (unpaired) electrons. The molecule has 1 aliphatic rings. The van der Waals surface area contributed by atoms with Crippen molar-refractivity contribution < 1.29 is 14.3 Å². The number of nitrogens with two attached hydrogens (primary N) is 1. The number of aryl methyl sites for hydroxylation is 1. The summed E-state index contributed by atoms with van der Waals surface area (Å²) in [7, 11) is 0. The molecule has 0 fully saturated rings. The second-order valence-electron chi connectivity index (χ2n) is 6.06. The van der Waals surface area contributed by atoms with Crippen molar-refractivity contribution in [1.82, 2.24) is 4.98 Å². The van der Waals surface area contributed by atoms with Gasteiger partial charge in [0.15, 0.2) is 11.5 Å². The number of nitrogens with one attached hydrogen (secondary N) is 1. The molecule has 0 bridgehead atoms. The van der Waals surface area contributed by atoms with Gasteiger partial charge >= 0.3 is 0 Å². The standard InChI is InChI=1S/C19H19N3O3S/c1-2-3-11-4-6-13-16(20)17(26-19(13)22-11)18(23)21-12-5-7-14-15(10-12)25-9-8-24-14/h4-7,10H,2-3,8-9,20H2,1H3,(H,21,23). The summed E-state index contributed by atoms with van der Waals surface area (Å²) in [6.45, 7) is 3.14. The number of benzene rings is 1. The summed E-state index contributed by atoms with van der Waals surface area (Å²) in [5, 5.41) is 3.70. The maximum atomic E-state index is 12.7. The van der Waals surface area contributed by atoms with E-state index in [0.717, 1.165) is 28.8 Å². The minimum Gasteiger partial charge on any atom is -0.486 e. The molecule has 7 heteroatoms. The molecule has 0 aliphatic carbocycles. The van der Waals surface area contributed by atoms with Crippen LogP contribution in [0.2, 0.25) is 0 Å². The number of carbonyl (C=O) groups is 1. The molecule has 4 rings (SSSR count). The molecular weight excluding hydrogens is 350 g/mol. The van der Waals surface area contributed by atoms with Crippen LogP contribution in [0.1, 0.15) is 28.7 Å². The highest BCUT2D eigenvalue weighted by Gasteiger charge is 2.19. The van der Waals surface area contributed by atoms with Crippen LogP contribution in [-0.2, 0) is 6.42 Å². The highest BCUT2D eigenvalue weighted by atomic mass is 32.1. The number of fused-ring (bicyclic) bond motifs is 2. The van der Waals surface area contributed by atoms with E-state index >= 15 is 0 Å². The zero-order valence-electron chi connectivity index (χ0n) is 14.4. The van der Waals surface area contributed by atoms with Gasteiger partial charge in [0.2, 0.25) is 0 Å². The third kappa shape index (κ3) is 3.06. The fourth-order valence-electron chi connectivity index (χ4n) is 2.91. The van der Waals surface area contributed by atoms with Crippen molar-refractivity contribution in [3.8, 4) is 11.5 Å². The summed E-state index contributed by atoms with van der Waals surface area (Å²) in [5.74, 6) is 1.06. The lowest BCUT2D eigenvalue weighted by molar-refractivity contribution is 0.103. The number of nitrogens with zero attached hydrogens (tertiary/aromatic N) is 1. The van der Waals surface area contributed by atoms with Crippen LogP contribution in [0.25, 0.3) is 10.2 Å². The first-order valence-corrected chi connectivity index (χ1v) is 9.36. The van der Waals surface area contributed by atoms with Crippen LogP contribution in [0.15, 0.2) is 30.3 Å². The van der Waals surface area contributed by atoms with E-state index in [9.17, 15) is 4.79 Å². The monoisotopic (exact) mass is 369 g/mol. The van der Waals surface area contributed by atoms with Crippen molar-refractivity contribution in [2.45, 2.75) is 19.8 Å².